The molecule has 1 fully saturated rings. The van der Waals surface area contributed by atoms with Crippen molar-refractivity contribution in [2.45, 2.75) is 6.54 Å². The van der Waals surface area contributed by atoms with Crippen molar-refractivity contribution in [1.82, 2.24) is 4.90 Å². The summed E-state index contributed by atoms with van der Waals surface area (Å²) in [6, 6.07) is 15.4. The van der Waals surface area contributed by atoms with Crippen LogP contribution in [-0.4, -0.2) is 37.1 Å². The number of amides is 1. The molecule has 0 aromatic heterocycles. The number of anilines is 1. The molecule has 2 aromatic carbocycles. The molecule has 0 atom stereocenters. The number of benzene rings is 2. The van der Waals surface area contributed by atoms with Gasteiger partial charge in [0.1, 0.15) is 0 Å². The van der Waals surface area contributed by atoms with Crippen molar-refractivity contribution in [3.05, 3.63) is 70.8 Å². The molecule has 0 unspecified atom stereocenters. The molecule has 1 amide bonds. The normalized spacial score (nSPS) is 15.4. The third-order valence-corrected chi connectivity index (χ3v) is 4.40. The van der Waals surface area contributed by atoms with Gasteiger partial charge in [0.05, 0.1) is 13.2 Å². The third kappa shape index (κ3) is 5.43. The van der Waals surface area contributed by atoms with Gasteiger partial charge in [0, 0.05) is 36.4 Å². The first kappa shape index (κ1) is 17.7. The van der Waals surface area contributed by atoms with E-state index < -0.39 is 0 Å². The Bertz CT molecular complexity index is 738. The number of hydrogen-bond acceptors (Lipinski definition) is 3. The first-order chi connectivity index (χ1) is 12.2. The molecule has 130 valence electrons. The number of rotatable bonds is 5. The third-order valence-electron chi connectivity index (χ3n) is 4.05. The lowest BCUT2D eigenvalue weighted by Gasteiger charge is -2.26. The van der Waals surface area contributed by atoms with E-state index in [1.54, 1.807) is 12.1 Å². The van der Waals surface area contributed by atoms with Crippen LogP contribution in [-0.2, 0) is 16.1 Å². The molecule has 1 saturated heterocycles. The lowest BCUT2D eigenvalue weighted by Crippen LogP contribution is -2.35. The van der Waals surface area contributed by atoms with Gasteiger partial charge in [0.25, 0.3) is 0 Å². The van der Waals surface area contributed by atoms with Gasteiger partial charge < -0.3 is 10.1 Å². The van der Waals surface area contributed by atoms with Crippen LogP contribution < -0.4 is 5.32 Å². The van der Waals surface area contributed by atoms with E-state index in [1.807, 2.05) is 42.5 Å². The lowest BCUT2D eigenvalue weighted by molar-refractivity contribution is -0.111. The number of hydrogen-bond donors (Lipinski definition) is 1. The van der Waals surface area contributed by atoms with E-state index in [0.29, 0.717) is 5.02 Å². The van der Waals surface area contributed by atoms with Gasteiger partial charge in [0.2, 0.25) is 5.91 Å². The summed E-state index contributed by atoms with van der Waals surface area (Å²) in [6.07, 6.45) is 3.20. The molecule has 2 aromatic rings. The second kappa shape index (κ2) is 8.81. The highest BCUT2D eigenvalue weighted by atomic mass is 35.5. The minimum Gasteiger partial charge on any atom is -0.379 e. The zero-order chi connectivity index (χ0) is 17.5. The second-order valence-corrected chi connectivity index (χ2v) is 6.34. The first-order valence-electron chi connectivity index (χ1n) is 8.33. The Balaban J connectivity index is 1.54. The Morgan fingerprint density at radius 3 is 2.56 bits per heavy atom. The van der Waals surface area contributed by atoms with Crippen LogP contribution in [0.1, 0.15) is 11.1 Å². The van der Waals surface area contributed by atoms with Gasteiger partial charge in [-0.1, -0.05) is 41.9 Å². The van der Waals surface area contributed by atoms with Gasteiger partial charge in [-0.05, 0) is 35.4 Å². The van der Waals surface area contributed by atoms with Crippen molar-refractivity contribution in [2.24, 2.45) is 0 Å². The molecule has 0 spiro atoms. The molecule has 1 N–H and O–H groups in total. The van der Waals surface area contributed by atoms with Crippen LogP contribution in [0.25, 0.3) is 6.08 Å². The maximum atomic E-state index is 12.0. The largest absolute Gasteiger partial charge is 0.379 e. The second-order valence-electron chi connectivity index (χ2n) is 5.93. The van der Waals surface area contributed by atoms with E-state index >= 15 is 0 Å². The van der Waals surface area contributed by atoms with Gasteiger partial charge in [-0.15, -0.1) is 0 Å². The number of nitrogens with zero attached hydrogens (tertiary/aromatic N) is 1. The van der Waals surface area contributed by atoms with Crippen molar-refractivity contribution < 1.29 is 9.53 Å². The minimum atomic E-state index is -0.180. The average molecular weight is 357 g/mol. The highest BCUT2D eigenvalue weighted by Gasteiger charge is 2.10. The summed E-state index contributed by atoms with van der Waals surface area (Å²) >= 11 is 6.07. The summed E-state index contributed by atoms with van der Waals surface area (Å²) in [6.45, 7) is 4.43. The minimum absolute atomic E-state index is 0.180. The molecule has 0 aliphatic carbocycles. The summed E-state index contributed by atoms with van der Waals surface area (Å²) in [7, 11) is 0. The van der Waals surface area contributed by atoms with E-state index in [4.69, 9.17) is 16.3 Å². The zero-order valence-electron chi connectivity index (χ0n) is 14.0. The first-order valence-corrected chi connectivity index (χ1v) is 8.71. The summed E-state index contributed by atoms with van der Waals surface area (Å²) in [4.78, 5) is 14.4. The number of halogens is 1. The molecule has 3 rings (SSSR count). The van der Waals surface area contributed by atoms with Crippen LogP contribution in [0.2, 0.25) is 5.02 Å². The van der Waals surface area contributed by atoms with E-state index in [-0.39, 0.29) is 5.91 Å². The number of nitrogens with one attached hydrogen (secondary N) is 1. The highest BCUT2D eigenvalue weighted by molar-refractivity contribution is 6.32. The number of carbonyl (C=O) groups excluding carboxylic acids is 1. The predicted octanol–water partition coefficient (Wildman–Crippen LogP) is 3.82. The average Bonchev–Trinajstić information content (AvgIpc) is 2.64. The lowest BCUT2D eigenvalue weighted by atomic mass is 10.2. The van der Waals surface area contributed by atoms with Crippen LogP contribution in [0.3, 0.4) is 0 Å². The van der Waals surface area contributed by atoms with Crippen molar-refractivity contribution in [3.8, 4) is 0 Å². The van der Waals surface area contributed by atoms with Crippen molar-refractivity contribution in [1.29, 1.82) is 0 Å². The van der Waals surface area contributed by atoms with Crippen LogP contribution in [0.4, 0.5) is 5.69 Å². The van der Waals surface area contributed by atoms with E-state index in [9.17, 15) is 4.79 Å². The smallest absolute Gasteiger partial charge is 0.248 e. The molecule has 1 aliphatic heterocycles. The fraction of sp³-hybridized carbons (Fsp3) is 0.250. The molecule has 4 nitrogen and oxygen atoms in total. The quantitative estimate of drug-likeness (QED) is 0.828. The monoisotopic (exact) mass is 356 g/mol. The Kier molecular flexibility index (Phi) is 6.23. The molecule has 25 heavy (non-hydrogen) atoms. The summed E-state index contributed by atoms with van der Waals surface area (Å²) in [5.74, 6) is -0.180. The van der Waals surface area contributed by atoms with Crippen molar-refractivity contribution >= 4 is 29.3 Å². The fourth-order valence-electron chi connectivity index (χ4n) is 2.67. The molecule has 1 heterocycles. The summed E-state index contributed by atoms with van der Waals surface area (Å²) in [5, 5.41) is 3.48. The van der Waals surface area contributed by atoms with Crippen LogP contribution in [0.15, 0.2) is 54.6 Å². The maximum absolute atomic E-state index is 12.0. The molecular formula is C20H21ClN2O2. The standard InChI is InChI=1S/C20H21ClN2O2/c21-19-4-2-1-3-17(19)7-10-20(24)22-18-8-5-16(6-9-18)15-23-11-13-25-14-12-23/h1-10H,11-15H2,(H,22,24)/b10-7+. The predicted molar refractivity (Wildman–Crippen MR) is 102 cm³/mol. The molecular weight excluding hydrogens is 336 g/mol. The fourth-order valence-corrected chi connectivity index (χ4v) is 2.87. The summed E-state index contributed by atoms with van der Waals surface area (Å²) < 4.78 is 5.36. The Morgan fingerprint density at radius 1 is 1.12 bits per heavy atom. The maximum Gasteiger partial charge on any atom is 0.248 e. The van der Waals surface area contributed by atoms with E-state index in [1.165, 1.54) is 11.6 Å². The number of carbonyl (C=O) groups is 1. The van der Waals surface area contributed by atoms with Crippen LogP contribution in [0, 0.1) is 0 Å². The molecule has 5 heteroatoms. The van der Waals surface area contributed by atoms with Gasteiger partial charge in [-0.3, -0.25) is 9.69 Å². The molecule has 1 aliphatic rings. The Hall–Kier alpha value is -2.14. The number of ether oxygens (including phenoxy) is 1. The van der Waals surface area contributed by atoms with Crippen molar-refractivity contribution in [3.63, 3.8) is 0 Å². The number of morpholine rings is 1. The van der Waals surface area contributed by atoms with Crippen LogP contribution in [0.5, 0.6) is 0 Å². The highest BCUT2D eigenvalue weighted by Crippen LogP contribution is 2.17. The van der Waals surface area contributed by atoms with Crippen molar-refractivity contribution in [2.75, 3.05) is 31.6 Å². The summed E-state index contributed by atoms with van der Waals surface area (Å²) in [5.41, 5.74) is 2.83. The zero-order valence-corrected chi connectivity index (χ0v) is 14.7. The van der Waals surface area contributed by atoms with Crippen LogP contribution >= 0.6 is 11.6 Å². The molecule has 0 bridgehead atoms. The van der Waals surface area contributed by atoms with Gasteiger partial charge in [-0.2, -0.15) is 0 Å². The van der Waals surface area contributed by atoms with E-state index in [2.05, 4.69) is 10.2 Å². The topological polar surface area (TPSA) is 41.6 Å². The SMILES string of the molecule is O=C(/C=C/c1ccccc1Cl)Nc1ccc(CN2CCOCC2)cc1. The van der Waals surface area contributed by atoms with Gasteiger partial charge in [0.15, 0.2) is 0 Å². The molecule has 0 radical (unpaired) electrons. The van der Waals surface area contributed by atoms with Gasteiger partial charge >= 0.3 is 0 Å². The van der Waals surface area contributed by atoms with E-state index in [0.717, 1.165) is 44.1 Å². The Labute approximate surface area is 153 Å². The Morgan fingerprint density at radius 2 is 1.84 bits per heavy atom. The molecule has 0 saturated carbocycles. The van der Waals surface area contributed by atoms with Gasteiger partial charge in [-0.25, -0.2) is 0 Å².